The van der Waals surface area contributed by atoms with Gasteiger partial charge in [-0.05, 0) is 34.1 Å². The molecular formula is C10H5BrF4N4OS. The minimum Gasteiger partial charge on any atom is -0.351 e. The number of urea groups is 1. The number of aromatic nitrogens is 2. The Morgan fingerprint density at radius 2 is 2.00 bits per heavy atom. The van der Waals surface area contributed by atoms with Crippen molar-refractivity contribution in [3.63, 3.8) is 0 Å². The topological polar surface area (TPSA) is 72.1 Å². The molecule has 2 rings (SSSR count). The minimum atomic E-state index is -4.69. The average Bonchev–Trinajstić information content (AvgIpc) is 2.76. The predicted octanol–water partition coefficient (Wildman–Crippen LogP) is 3.68. The van der Waals surface area contributed by atoms with E-state index in [1.165, 1.54) is 0 Å². The lowest BCUT2D eigenvalue weighted by molar-refractivity contribution is -0.137. The monoisotopic (exact) mass is 384 g/mol. The third kappa shape index (κ3) is 3.29. The van der Waals surface area contributed by atoms with Gasteiger partial charge >= 0.3 is 12.2 Å². The van der Waals surface area contributed by atoms with Gasteiger partial charge in [0.1, 0.15) is 5.82 Å². The highest BCUT2D eigenvalue weighted by Gasteiger charge is 2.33. The average molecular weight is 385 g/mol. The zero-order valence-corrected chi connectivity index (χ0v) is 12.3. The van der Waals surface area contributed by atoms with Gasteiger partial charge in [0.05, 0.1) is 11.3 Å². The molecular weight excluding hydrogens is 380 g/mol. The standard InChI is InChI=1S/C10H5BrF4N4OS/c11-7-17-18-9(21-7)19(8(16)20)6-3-4(10(13,14)15)1-2-5(6)12/h1-3H,(H2,16,20). The molecule has 0 unspecified atom stereocenters. The molecule has 1 aromatic heterocycles. The molecule has 0 saturated heterocycles. The summed E-state index contributed by atoms with van der Waals surface area (Å²) in [5.41, 5.74) is 3.33. The summed E-state index contributed by atoms with van der Waals surface area (Å²) in [4.78, 5) is 12.0. The number of carbonyl (C=O) groups excluding carboxylic acids is 1. The summed E-state index contributed by atoms with van der Waals surface area (Å²) in [5, 5.41) is 6.92. The van der Waals surface area contributed by atoms with E-state index in [-0.39, 0.29) is 9.05 Å². The van der Waals surface area contributed by atoms with Crippen LogP contribution in [0.4, 0.5) is 33.2 Å². The summed E-state index contributed by atoms with van der Waals surface area (Å²) in [5.74, 6) is -1.05. The number of hydrogen-bond donors (Lipinski definition) is 1. The van der Waals surface area contributed by atoms with E-state index in [0.717, 1.165) is 11.3 Å². The number of hydrogen-bond acceptors (Lipinski definition) is 4. The number of benzene rings is 1. The van der Waals surface area contributed by atoms with E-state index in [2.05, 4.69) is 26.1 Å². The van der Waals surface area contributed by atoms with Crippen LogP contribution in [-0.4, -0.2) is 16.2 Å². The Kier molecular flexibility index (Phi) is 4.14. The molecule has 0 spiro atoms. The number of rotatable bonds is 2. The van der Waals surface area contributed by atoms with Crippen LogP contribution in [0.5, 0.6) is 0 Å². The van der Waals surface area contributed by atoms with Gasteiger partial charge in [-0.15, -0.1) is 10.2 Å². The lowest BCUT2D eigenvalue weighted by atomic mass is 10.1. The molecule has 0 aliphatic rings. The van der Waals surface area contributed by atoms with Gasteiger partial charge in [-0.2, -0.15) is 13.2 Å². The number of alkyl halides is 3. The van der Waals surface area contributed by atoms with Crippen molar-refractivity contribution in [1.29, 1.82) is 0 Å². The molecule has 2 N–H and O–H groups in total. The van der Waals surface area contributed by atoms with E-state index in [4.69, 9.17) is 5.73 Å². The molecule has 112 valence electrons. The summed E-state index contributed by atoms with van der Waals surface area (Å²) < 4.78 is 52.1. The number of carbonyl (C=O) groups is 1. The molecule has 0 aliphatic heterocycles. The Hall–Kier alpha value is -1.75. The van der Waals surface area contributed by atoms with E-state index < -0.39 is 29.3 Å². The van der Waals surface area contributed by atoms with E-state index in [1.54, 1.807) is 0 Å². The fourth-order valence-electron chi connectivity index (χ4n) is 1.46. The summed E-state index contributed by atoms with van der Waals surface area (Å²) in [6.45, 7) is 0. The lowest BCUT2D eigenvalue weighted by Crippen LogP contribution is -2.32. The zero-order valence-electron chi connectivity index (χ0n) is 9.86. The van der Waals surface area contributed by atoms with Crippen molar-refractivity contribution in [2.24, 2.45) is 5.73 Å². The number of nitrogens with zero attached hydrogens (tertiary/aromatic N) is 3. The molecule has 1 heterocycles. The van der Waals surface area contributed by atoms with Crippen molar-refractivity contribution >= 4 is 44.1 Å². The van der Waals surface area contributed by atoms with Gasteiger partial charge in [0, 0.05) is 0 Å². The van der Waals surface area contributed by atoms with E-state index >= 15 is 0 Å². The first-order valence-corrected chi connectivity index (χ1v) is 6.76. The molecule has 11 heteroatoms. The van der Waals surface area contributed by atoms with Gasteiger partial charge < -0.3 is 5.73 Å². The highest BCUT2D eigenvalue weighted by atomic mass is 79.9. The minimum absolute atomic E-state index is 0.160. The Balaban J connectivity index is 2.58. The Morgan fingerprint density at radius 1 is 1.33 bits per heavy atom. The first kappa shape index (κ1) is 15.6. The number of halogens is 5. The van der Waals surface area contributed by atoms with Crippen molar-refractivity contribution < 1.29 is 22.4 Å². The van der Waals surface area contributed by atoms with Crippen molar-refractivity contribution in [1.82, 2.24) is 10.2 Å². The van der Waals surface area contributed by atoms with Gasteiger partial charge in [0.15, 0.2) is 3.92 Å². The van der Waals surface area contributed by atoms with Crippen LogP contribution in [-0.2, 0) is 6.18 Å². The van der Waals surface area contributed by atoms with Gasteiger partial charge in [0.2, 0.25) is 5.13 Å². The molecule has 0 radical (unpaired) electrons. The predicted molar refractivity (Wildman–Crippen MR) is 70.7 cm³/mol. The maximum atomic E-state index is 13.8. The van der Waals surface area contributed by atoms with Crippen molar-refractivity contribution in [3.05, 3.63) is 33.5 Å². The van der Waals surface area contributed by atoms with Crippen molar-refractivity contribution in [3.8, 4) is 0 Å². The number of anilines is 2. The van der Waals surface area contributed by atoms with E-state index in [1.807, 2.05) is 0 Å². The quantitative estimate of drug-likeness (QED) is 0.802. The molecule has 0 aliphatic carbocycles. The third-order valence-corrected chi connectivity index (χ3v) is 3.66. The SMILES string of the molecule is NC(=O)N(c1nnc(Br)s1)c1cc(C(F)(F)F)ccc1F. The number of primary amides is 1. The largest absolute Gasteiger partial charge is 0.416 e. The Bertz CT molecular complexity index is 690. The van der Waals surface area contributed by atoms with Gasteiger partial charge in [-0.3, -0.25) is 0 Å². The Labute approximate surface area is 127 Å². The van der Waals surface area contributed by atoms with Gasteiger partial charge in [-0.25, -0.2) is 14.1 Å². The van der Waals surface area contributed by atoms with Crippen LogP contribution in [0, 0.1) is 5.82 Å². The fourth-order valence-corrected chi connectivity index (χ4v) is 2.57. The maximum absolute atomic E-state index is 13.8. The molecule has 0 fully saturated rings. The van der Waals surface area contributed by atoms with Crippen LogP contribution < -0.4 is 10.6 Å². The normalized spacial score (nSPS) is 11.5. The number of nitrogens with two attached hydrogens (primary N) is 1. The van der Waals surface area contributed by atoms with Crippen LogP contribution in [0.3, 0.4) is 0 Å². The van der Waals surface area contributed by atoms with Gasteiger partial charge in [0.25, 0.3) is 0 Å². The molecule has 0 atom stereocenters. The summed E-state index contributed by atoms with van der Waals surface area (Å²) in [6, 6.07) is 0.463. The first-order valence-electron chi connectivity index (χ1n) is 5.15. The molecule has 0 saturated carbocycles. The van der Waals surface area contributed by atoms with Crippen LogP contribution in [0.25, 0.3) is 0 Å². The first-order chi connectivity index (χ1) is 9.70. The highest BCUT2D eigenvalue weighted by Crippen LogP contribution is 2.36. The molecule has 1 aromatic carbocycles. The number of amides is 2. The summed E-state index contributed by atoms with van der Waals surface area (Å²) in [7, 11) is 0. The van der Waals surface area contributed by atoms with Crippen molar-refractivity contribution in [2.45, 2.75) is 6.18 Å². The lowest BCUT2D eigenvalue weighted by Gasteiger charge is -2.18. The van der Waals surface area contributed by atoms with Crippen LogP contribution >= 0.6 is 27.3 Å². The van der Waals surface area contributed by atoms with Crippen molar-refractivity contribution in [2.75, 3.05) is 4.90 Å². The molecule has 2 amide bonds. The second kappa shape index (κ2) is 5.56. The molecule has 2 aromatic rings. The molecule has 0 bridgehead atoms. The summed E-state index contributed by atoms with van der Waals surface area (Å²) >= 11 is 3.79. The summed E-state index contributed by atoms with van der Waals surface area (Å²) in [6.07, 6.45) is -4.69. The fraction of sp³-hybridized carbons (Fsp3) is 0.100. The highest BCUT2D eigenvalue weighted by molar-refractivity contribution is 9.11. The smallest absolute Gasteiger partial charge is 0.351 e. The second-order valence-electron chi connectivity index (χ2n) is 3.68. The molecule has 5 nitrogen and oxygen atoms in total. The second-order valence-corrected chi connectivity index (χ2v) is 5.91. The Morgan fingerprint density at radius 3 is 2.48 bits per heavy atom. The zero-order chi connectivity index (χ0) is 15.8. The van der Waals surface area contributed by atoms with Gasteiger partial charge in [-0.1, -0.05) is 11.3 Å². The van der Waals surface area contributed by atoms with E-state index in [0.29, 0.717) is 23.1 Å². The third-order valence-electron chi connectivity index (χ3n) is 2.32. The van der Waals surface area contributed by atoms with Crippen LogP contribution in [0.1, 0.15) is 5.56 Å². The van der Waals surface area contributed by atoms with Crippen LogP contribution in [0.15, 0.2) is 22.1 Å². The molecule has 21 heavy (non-hydrogen) atoms. The van der Waals surface area contributed by atoms with Crippen LogP contribution in [0.2, 0.25) is 0 Å². The maximum Gasteiger partial charge on any atom is 0.416 e. The van der Waals surface area contributed by atoms with E-state index in [9.17, 15) is 22.4 Å².